The Kier molecular flexibility index (Phi) is 9.55. The molecule has 1 saturated heterocycles. The molecular formula is C16H32IN3O2S. The first kappa shape index (κ1) is 21.3. The standard InChI is InChI=1S/C16H31N3O2S.HI/c1-4-17-15(19(3)10-13-7-9-21-11-13)18-12-16(20)8-6-14(16)22-5-2;/h13-14,20H,4-12H2,1-3H3,(H,17,18);1H. The molecule has 0 aromatic rings. The third kappa shape index (κ3) is 5.93. The van der Waals surface area contributed by atoms with E-state index in [4.69, 9.17) is 9.73 Å². The van der Waals surface area contributed by atoms with Crippen LogP contribution in [0.3, 0.4) is 0 Å². The molecule has 1 aliphatic heterocycles. The highest BCUT2D eigenvalue weighted by Gasteiger charge is 2.45. The zero-order valence-electron chi connectivity index (χ0n) is 14.6. The monoisotopic (exact) mass is 457 g/mol. The number of guanidine groups is 1. The normalized spacial score (nSPS) is 30.5. The fraction of sp³-hybridized carbons (Fsp3) is 0.938. The Morgan fingerprint density at radius 1 is 1.43 bits per heavy atom. The van der Waals surface area contributed by atoms with Crippen molar-refractivity contribution in [3.63, 3.8) is 0 Å². The molecule has 3 atom stereocenters. The second-order valence-corrected chi connectivity index (χ2v) is 7.85. The summed E-state index contributed by atoms with van der Waals surface area (Å²) in [5.74, 6) is 2.54. The predicted octanol–water partition coefficient (Wildman–Crippen LogP) is 2.18. The second kappa shape index (κ2) is 10.3. The second-order valence-electron chi connectivity index (χ2n) is 6.37. The molecule has 1 saturated carbocycles. The summed E-state index contributed by atoms with van der Waals surface area (Å²) in [5, 5.41) is 14.4. The van der Waals surface area contributed by atoms with Gasteiger partial charge >= 0.3 is 0 Å². The van der Waals surface area contributed by atoms with Gasteiger partial charge in [0, 0.05) is 37.9 Å². The van der Waals surface area contributed by atoms with Gasteiger partial charge in [-0.05, 0) is 31.9 Å². The SMILES string of the molecule is CCNC(=NCC1(O)CCC1SCC)N(C)CC1CCOC1.I. The fourth-order valence-electron chi connectivity index (χ4n) is 3.10. The molecule has 2 fully saturated rings. The number of aliphatic hydroxyl groups is 1. The maximum absolute atomic E-state index is 10.7. The Hall–Kier alpha value is 0.270. The number of aliphatic imine (C=N–C) groups is 1. The van der Waals surface area contributed by atoms with Crippen molar-refractivity contribution in [3.05, 3.63) is 0 Å². The van der Waals surface area contributed by atoms with E-state index in [1.807, 2.05) is 11.8 Å². The quantitative estimate of drug-likeness (QED) is 0.349. The van der Waals surface area contributed by atoms with Crippen LogP contribution in [0.25, 0.3) is 0 Å². The van der Waals surface area contributed by atoms with Crippen molar-refractivity contribution < 1.29 is 9.84 Å². The number of hydrogen-bond acceptors (Lipinski definition) is 4. The van der Waals surface area contributed by atoms with E-state index in [0.717, 1.165) is 57.3 Å². The van der Waals surface area contributed by atoms with E-state index in [1.165, 1.54) is 0 Å². The number of rotatable bonds is 7. The summed E-state index contributed by atoms with van der Waals surface area (Å²) in [6.45, 7) is 8.25. The van der Waals surface area contributed by atoms with E-state index in [9.17, 15) is 5.11 Å². The Morgan fingerprint density at radius 3 is 2.74 bits per heavy atom. The highest BCUT2D eigenvalue weighted by molar-refractivity contribution is 14.0. The van der Waals surface area contributed by atoms with Crippen LogP contribution in [0.4, 0.5) is 0 Å². The van der Waals surface area contributed by atoms with Gasteiger partial charge < -0.3 is 20.1 Å². The summed E-state index contributed by atoms with van der Waals surface area (Å²) < 4.78 is 5.45. The van der Waals surface area contributed by atoms with Crippen LogP contribution < -0.4 is 5.32 Å². The van der Waals surface area contributed by atoms with Crippen LogP contribution in [0.5, 0.6) is 0 Å². The Morgan fingerprint density at radius 2 is 2.22 bits per heavy atom. The lowest BCUT2D eigenvalue weighted by molar-refractivity contribution is -0.0156. The number of ether oxygens (including phenoxy) is 1. The molecule has 1 aliphatic carbocycles. The lowest BCUT2D eigenvalue weighted by Crippen LogP contribution is -2.53. The minimum absolute atomic E-state index is 0. The molecule has 2 N–H and O–H groups in total. The van der Waals surface area contributed by atoms with Gasteiger partial charge in [-0.25, -0.2) is 0 Å². The van der Waals surface area contributed by atoms with Crippen LogP contribution in [-0.4, -0.2) is 72.5 Å². The largest absolute Gasteiger partial charge is 0.387 e. The smallest absolute Gasteiger partial charge is 0.193 e. The number of thioether (sulfide) groups is 1. The molecule has 2 rings (SSSR count). The summed E-state index contributed by atoms with van der Waals surface area (Å²) in [4.78, 5) is 6.88. The lowest BCUT2D eigenvalue weighted by Gasteiger charge is -2.44. The summed E-state index contributed by atoms with van der Waals surface area (Å²) >= 11 is 1.85. The van der Waals surface area contributed by atoms with Crippen molar-refractivity contribution in [2.75, 3.05) is 45.6 Å². The summed E-state index contributed by atoms with van der Waals surface area (Å²) in [6.07, 6.45) is 3.10. The predicted molar refractivity (Wildman–Crippen MR) is 109 cm³/mol. The summed E-state index contributed by atoms with van der Waals surface area (Å²) in [5.41, 5.74) is -0.612. The number of nitrogens with one attached hydrogen (secondary N) is 1. The Balaban J connectivity index is 0.00000264. The average Bonchev–Trinajstić information content (AvgIpc) is 3.00. The summed E-state index contributed by atoms with van der Waals surface area (Å²) in [7, 11) is 2.07. The molecule has 0 bridgehead atoms. The van der Waals surface area contributed by atoms with Crippen molar-refractivity contribution in [1.29, 1.82) is 0 Å². The van der Waals surface area contributed by atoms with Gasteiger partial charge in [-0.3, -0.25) is 4.99 Å². The highest BCUT2D eigenvalue weighted by atomic mass is 127. The first-order valence-electron chi connectivity index (χ1n) is 8.50. The van der Waals surface area contributed by atoms with Crippen LogP contribution >= 0.6 is 35.7 Å². The Bertz CT molecular complexity index is 380. The van der Waals surface area contributed by atoms with E-state index in [1.54, 1.807) is 0 Å². The van der Waals surface area contributed by atoms with Gasteiger partial charge in [0.2, 0.25) is 0 Å². The Labute approximate surface area is 162 Å². The molecule has 0 aromatic carbocycles. The number of hydrogen-bond donors (Lipinski definition) is 2. The third-order valence-corrected chi connectivity index (χ3v) is 5.97. The molecule has 136 valence electrons. The van der Waals surface area contributed by atoms with E-state index in [0.29, 0.717) is 17.7 Å². The topological polar surface area (TPSA) is 57.1 Å². The van der Waals surface area contributed by atoms with Crippen molar-refractivity contribution >= 4 is 41.7 Å². The maximum atomic E-state index is 10.7. The molecule has 1 heterocycles. The molecule has 3 unspecified atom stereocenters. The average molecular weight is 457 g/mol. The molecule has 0 spiro atoms. The first-order valence-corrected chi connectivity index (χ1v) is 9.55. The molecule has 7 heteroatoms. The highest BCUT2D eigenvalue weighted by Crippen LogP contribution is 2.41. The lowest BCUT2D eigenvalue weighted by atomic mass is 9.79. The molecular weight excluding hydrogens is 425 g/mol. The van der Waals surface area contributed by atoms with Gasteiger partial charge in [-0.2, -0.15) is 11.8 Å². The van der Waals surface area contributed by atoms with Crippen LogP contribution in [-0.2, 0) is 4.74 Å². The van der Waals surface area contributed by atoms with Crippen molar-refractivity contribution in [2.45, 2.75) is 44.0 Å². The molecule has 0 radical (unpaired) electrons. The van der Waals surface area contributed by atoms with Crippen molar-refractivity contribution in [2.24, 2.45) is 10.9 Å². The number of halogens is 1. The van der Waals surface area contributed by atoms with Gasteiger partial charge in [0.1, 0.15) is 0 Å². The minimum atomic E-state index is -0.612. The van der Waals surface area contributed by atoms with E-state index in [-0.39, 0.29) is 24.0 Å². The van der Waals surface area contributed by atoms with Gasteiger partial charge in [0.05, 0.1) is 18.8 Å². The molecule has 0 aromatic heterocycles. The zero-order valence-corrected chi connectivity index (χ0v) is 17.7. The van der Waals surface area contributed by atoms with Crippen LogP contribution in [0, 0.1) is 5.92 Å². The van der Waals surface area contributed by atoms with Crippen molar-refractivity contribution in [1.82, 2.24) is 10.2 Å². The van der Waals surface area contributed by atoms with Gasteiger partial charge in [0.15, 0.2) is 5.96 Å². The zero-order chi connectivity index (χ0) is 16.0. The van der Waals surface area contributed by atoms with E-state index < -0.39 is 5.60 Å². The fourth-order valence-corrected chi connectivity index (χ4v) is 4.29. The third-order valence-electron chi connectivity index (χ3n) is 4.56. The minimum Gasteiger partial charge on any atom is -0.387 e. The van der Waals surface area contributed by atoms with Gasteiger partial charge in [-0.15, -0.1) is 24.0 Å². The molecule has 0 amide bonds. The first-order chi connectivity index (χ1) is 10.6. The van der Waals surface area contributed by atoms with Crippen molar-refractivity contribution in [3.8, 4) is 0 Å². The maximum Gasteiger partial charge on any atom is 0.193 e. The molecule has 23 heavy (non-hydrogen) atoms. The van der Waals surface area contributed by atoms with E-state index in [2.05, 4.69) is 31.1 Å². The van der Waals surface area contributed by atoms with Gasteiger partial charge in [-0.1, -0.05) is 6.92 Å². The summed E-state index contributed by atoms with van der Waals surface area (Å²) in [6, 6.07) is 0. The van der Waals surface area contributed by atoms with E-state index >= 15 is 0 Å². The van der Waals surface area contributed by atoms with Gasteiger partial charge in [0.25, 0.3) is 0 Å². The number of nitrogens with zero attached hydrogens (tertiary/aromatic N) is 2. The van der Waals surface area contributed by atoms with Crippen LogP contribution in [0.1, 0.15) is 33.1 Å². The van der Waals surface area contributed by atoms with Crippen LogP contribution in [0.2, 0.25) is 0 Å². The molecule has 5 nitrogen and oxygen atoms in total. The van der Waals surface area contributed by atoms with Crippen LogP contribution in [0.15, 0.2) is 4.99 Å². The molecule has 2 aliphatic rings.